The molecular weight excluding hydrogens is 348 g/mol. The largest absolute Gasteiger partial charge is 0.508 e. The van der Waals surface area contributed by atoms with Crippen molar-refractivity contribution < 1.29 is 14.9 Å². The third-order valence-corrected chi connectivity index (χ3v) is 4.87. The lowest BCUT2D eigenvalue weighted by Crippen LogP contribution is -2.18. The summed E-state index contributed by atoms with van der Waals surface area (Å²) in [6, 6.07) is 12.3. The van der Waals surface area contributed by atoms with E-state index in [9.17, 15) is 9.90 Å². The minimum absolute atomic E-state index is 0.106. The molecule has 2 aromatic carbocycles. The van der Waals surface area contributed by atoms with Gasteiger partial charge in [0.2, 0.25) is 5.91 Å². The first kappa shape index (κ1) is 16.3. The van der Waals surface area contributed by atoms with E-state index >= 15 is 0 Å². The second-order valence-electron chi connectivity index (χ2n) is 6.06. The minimum Gasteiger partial charge on any atom is -0.508 e. The molecule has 1 unspecified atom stereocenters. The van der Waals surface area contributed by atoms with Gasteiger partial charge < -0.3 is 10.4 Å². The molecule has 0 aliphatic heterocycles. The summed E-state index contributed by atoms with van der Waals surface area (Å²) < 4.78 is 0. The van der Waals surface area contributed by atoms with Gasteiger partial charge in [-0.1, -0.05) is 12.1 Å². The number of aromatic hydroxyl groups is 1. The summed E-state index contributed by atoms with van der Waals surface area (Å²) in [5.41, 5.74) is 6.04. The molecule has 0 aliphatic rings. The van der Waals surface area contributed by atoms with Crippen molar-refractivity contribution in [2.24, 2.45) is 0 Å². The van der Waals surface area contributed by atoms with Crippen molar-refractivity contribution in [1.29, 1.82) is 0 Å². The van der Waals surface area contributed by atoms with Crippen molar-refractivity contribution in [3.05, 3.63) is 58.9 Å². The molecule has 4 rings (SSSR count). The standard InChI is InChI=1S/C19H16N4O2S/c1-11(12-2-5-14(24)6-3-12)19(25)21-13-4-7-15-16(8-13)23-18(22-15)17-9-26-10-20-17/h2-11,24H,1H3,(H,21,25)(H,22,23)/p+1. The predicted octanol–water partition coefficient (Wildman–Crippen LogP) is 3.55. The molecule has 0 spiro atoms. The van der Waals surface area contributed by atoms with Crippen LogP contribution in [-0.4, -0.2) is 21.0 Å². The molecule has 6 nitrogen and oxygen atoms in total. The number of phenolic OH excluding ortho intramolecular Hbond substituents is 1. The highest BCUT2D eigenvalue weighted by atomic mass is 32.1. The average Bonchev–Trinajstić information content (AvgIpc) is 3.30. The fourth-order valence-corrected chi connectivity index (χ4v) is 3.31. The molecule has 1 amide bonds. The number of hydrogen-bond donors (Lipinski definition) is 3. The number of aromatic amines is 2. The molecule has 0 radical (unpaired) electrons. The van der Waals surface area contributed by atoms with Gasteiger partial charge in [0, 0.05) is 17.1 Å². The zero-order valence-electron chi connectivity index (χ0n) is 14.0. The molecule has 2 aromatic heterocycles. The number of fused-ring (bicyclic) bond motifs is 1. The van der Waals surface area contributed by atoms with Crippen molar-refractivity contribution >= 4 is 34.0 Å². The van der Waals surface area contributed by atoms with Crippen molar-refractivity contribution in [3.63, 3.8) is 0 Å². The summed E-state index contributed by atoms with van der Waals surface area (Å²) in [7, 11) is 0. The monoisotopic (exact) mass is 365 g/mol. The van der Waals surface area contributed by atoms with Gasteiger partial charge in [-0.25, -0.2) is 15.0 Å². The van der Waals surface area contributed by atoms with E-state index < -0.39 is 0 Å². The van der Waals surface area contributed by atoms with Gasteiger partial charge in [-0.15, -0.1) is 11.3 Å². The Morgan fingerprint density at radius 3 is 2.81 bits per heavy atom. The molecule has 0 fully saturated rings. The Morgan fingerprint density at radius 2 is 2.08 bits per heavy atom. The number of nitrogens with one attached hydrogen (secondary N) is 3. The number of hydrogen-bond acceptors (Lipinski definition) is 4. The first-order valence-electron chi connectivity index (χ1n) is 8.13. The zero-order chi connectivity index (χ0) is 18.1. The molecule has 4 aromatic rings. The van der Waals surface area contributed by atoms with Gasteiger partial charge in [0.05, 0.1) is 11.4 Å². The van der Waals surface area contributed by atoms with Gasteiger partial charge in [-0.05, 0) is 36.8 Å². The van der Waals surface area contributed by atoms with Crippen LogP contribution in [0.2, 0.25) is 0 Å². The molecule has 1 atom stereocenters. The van der Waals surface area contributed by atoms with E-state index in [1.165, 1.54) is 11.3 Å². The number of thiazole rings is 1. The number of amides is 1. The Kier molecular flexibility index (Phi) is 4.14. The topological polar surface area (TPSA) is 92.2 Å². The first-order valence-corrected chi connectivity index (χ1v) is 9.08. The van der Waals surface area contributed by atoms with Gasteiger partial charge >= 0.3 is 5.82 Å². The molecule has 0 bridgehead atoms. The summed E-state index contributed by atoms with van der Waals surface area (Å²) in [6.07, 6.45) is 0. The number of benzene rings is 2. The number of carbonyl (C=O) groups is 1. The fraction of sp³-hybridized carbons (Fsp3) is 0.105. The van der Waals surface area contributed by atoms with Crippen LogP contribution in [0, 0.1) is 0 Å². The van der Waals surface area contributed by atoms with Crippen LogP contribution in [0.5, 0.6) is 5.75 Å². The third-order valence-electron chi connectivity index (χ3n) is 4.28. The van der Waals surface area contributed by atoms with E-state index in [1.54, 1.807) is 29.8 Å². The highest BCUT2D eigenvalue weighted by Crippen LogP contribution is 2.23. The van der Waals surface area contributed by atoms with Crippen LogP contribution >= 0.6 is 11.3 Å². The number of H-pyrrole nitrogens is 2. The smallest absolute Gasteiger partial charge is 0.305 e. The summed E-state index contributed by atoms with van der Waals surface area (Å²) >= 11 is 1.53. The Hall–Kier alpha value is -3.19. The lowest BCUT2D eigenvalue weighted by molar-refractivity contribution is -0.330. The van der Waals surface area contributed by atoms with E-state index in [0.717, 1.165) is 28.1 Å². The molecule has 0 saturated heterocycles. The van der Waals surface area contributed by atoms with Gasteiger partial charge in [-0.2, -0.15) is 0 Å². The van der Waals surface area contributed by atoms with E-state index in [0.29, 0.717) is 5.69 Å². The maximum absolute atomic E-state index is 12.5. The first-order chi connectivity index (χ1) is 12.6. The predicted molar refractivity (Wildman–Crippen MR) is 101 cm³/mol. The zero-order valence-corrected chi connectivity index (χ0v) is 14.8. The molecule has 0 aliphatic carbocycles. The number of anilines is 1. The molecule has 4 N–H and O–H groups in total. The second kappa shape index (κ2) is 6.61. The van der Waals surface area contributed by atoms with E-state index in [-0.39, 0.29) is 17.6 Å². The summed E-state index contributed by atoms with van der Waals surface area (Å²) in [5, 5.41) is 14.3. The average molecular weight is 365 g/mol. The number of nitrogens with zero attached hydrogens (tertiary/aromatic N) is 1. The number of phenols is 1. The van der Waals surface area contributed by atoms with E-state index in [4.69, 9.17) is 0 Å². The number of rotatable bonds is 4. The van der Waals surface area contributed by atoms with Gasteiger partial charge in [0.1, 0.15) is 5.75 Å². The van der Waals surface area contributed by atoms with Crippen molar-refractivity contribution in [3.8, 4) is 17.3 Å². The normalized spacial score (nSPS) is 12.2. The van der Waals surface area contributed by atoms with Crippen molar-refractivity contribution in [2.45, 2.75) is 12.8 Å². The molecule has 26 heavy (non-hydrogen) atoms. The second-order valence-corrected chi connectivity index (χ2v) is 6.78. The maximum atomic E-state index is 12.5. The molecule has 130 valence electrons. The SMILES string of the molecule is CC(C(=O)Nc1ccc2[nH+]c(-c3cscn3)[nH]c2c1)c1ccc(O)cc1. The van der Waals surface area contributed by atoms with Crippen LogP contribution in [0.1, 0.15) is 18.4 Å². The van der Waals surface area contributed by atoms with Crippen LogP contribution in [0.25, 0.3) is 22.6 Å². The Labute approximate surface area is 153 Å². The van der Waals surface area contributed by atoms with Gasteiger partial charge in [0.25, 0.3) is 0 Å². The molecule has 7 heteroatoms. The molecule has 2 heterocycles. The van der Waals surface area contributed by atoms with Crippen LogP contribution in [0.15, 0.2) is 53.4 Å². The third kappa shape index (κ3) is 3.16. The van der Waals surface area contributed by atoms with Crippen LogP contribution < -0.4 is 10.3 Å². The summed E-state index contributed by atoms with van der Waals surface area (Å²) in [4.78, 5) is 23.4. The van der Waals surface area contributed by atoms with E-state index in [2.05, 4.69) is 20.3 Å². The van der Waals surface area contributed by atoms with Crippen LogP contribution in [-0.2, 0) is 4.79 Å². The van der Waals surface area contributed by atoms with Crippen molar-refractivity contribution in [2.75, 3.05) is 5.32 Å². The summed E-state index contributed by atoms with van der Waals surface area (Å²) in [6.45, 7) is 1.84. The lowest BCUT2D eigenvalue weighted by Gasteiger charge is -2.12. The number of imidazole rings is 1. The van der Waals surface area contributed by atoms with Crippen molar-refractivity contribution in [1.82, 2.24) is 9.97 Å². The molecular formula is C19H17N4O2S+. The van der Waals surface area contributed by atoms with Gasteiger partial charge in [0.15, 0.2) is 16.7 Å². The highest BCUT2D eigenvalue weighted by molar-refractivity contribution is 7.07. The highest BCUT2D eigenvalue weighted by Gasteiger charge is 2.17. The Balaban J connectivity index is 1.55. The van der Waals surface area contributed by atoms with Crippen LogP contribution in [0.4, 0.5) is 5.69 Å². The number of carbonyl (C=O) groups excluding carboxylic acids is 1. The number of aromatic nitrogens is 3. The minimum atomic E-state index is -0.327. The lowest BCUT2D eigenvalue weighted by atomic mass is 10.0. The Bertz CT molecular complexity index is 1060. The molecule has 0 saturated carbocycles. The van der Waals surface area contributed by atoms with Gasteiger partial charge in [-0.3, -0.25) is 4.79 Å². The summed E-state index contributed by atoms with van der Waals surface area (Å²) in [5.74, 6) is 0.588. The Morgan fingerprint density at radius 1 is 1.27 bits per heavy atom. The fourth-order valence-electron chi connectivity index (χ4n) is 2.76. The quantitative estimate of drug-likeness (QED) is 0.516. The van der Waals surface area contributed by atoms with Crippen LogP contribution in [0.3, 0.4) is 0 Å². The maximum Gasteiger partial charge on any atom is 0.305 e. The van der Waals surface area contributed by atoms with E-state index in [1.807, 2.05) is 30.5 Å².